The summed E-state index contributed by atoms with van der Waals surface area (Å²) in [5.74, 6) is 0.177. The van der Waals surface area contributed by atoms with Gasteiger partial charge in [0.2, 0.25) is 10.0 Å². The molecule has 0 saturated carbocycles. The molecule has 36 heavy (non-hydrogen) atoms. The van der Waals surface area contributed by atoms with Crippen molar-refractivity contribution < 1.29 is 28.3 Å². The van der Waals surface area contributed by atoms with Crippen molar-refractivity contribution in [3.8, 4) is 0 Å². The maximum absolute atomic E-state index is 12.5. The van der Waals surface area contributed by atoms with Gasteiger partial charge in [-0.25, -0.2) is 28.1 Å². The lowest BCUT2D eigenvalue weighted by atomic mass is 10.1. The number of aromatic nitrogens is 4. The summed E-state index contributed by atoms with van der Waals surface area (Å²) < 4.78 is 34.9. The minimum atomic E-state index is -3.87. The number of ether oxygens (including phenoxy) is 1. The molecule has 194 valence electrons. The van der Waals surface area contributed by atoms with Crippen molar-refractivity contribution in [2.24, 2.45) is 0 Å². The number of nitrogens with one attached hydrogen (secondary N) is 1. The Labute approximate surface area is 205 Å². The standard InChI is InChI=1S/C20H26N8O7S/c1-2-26(8-7-25-36(33,34)13-5-3-12(4-6-13)28(31)32)9-14-16(29)17(30)20(35-14)27-11-24-15-18(21)22-10-23-19(15)27/h3-6,10-11,14,16-17,20,25,29-30H,2,7-9H2,1H3,(H2,21,22,23)/t14-,16-,17-,20-/m1/s1. The number of nitro groups is 1. The van der Waals surface area contributed by atoms with Crippen LogP contribution >= 0.6 is 0 Å². The van der Waals surface area contributed by atoms with E-state index in [2.05, 4.69) is 19.7 Å². The topological polar surface area (TPSA) is 212 Å². The summed E-state index contributed by atoms with van der Waals surface area (Å²) in [5, 5.41) is 32.0. The first-order chi connectivity index (χ1) is 17.1. The minimum Gasteiger partial charge on any atom is -0.387 e. The van der Waals surface area contributed by atoms with Crippen LogP contribution in [-0.2, 0) is 14.8 Å². The number of non-ortho nitro benzene ring substituents is 1. The molecular weight excluding hydrogens is 496 g/mol. The first kappa shape index (κ1) is 25.8. The maximum atomic E-state index is 12.5. The third-order valence-corrected chi connectivity index (χ3v) is 7.44. The van der Waals surface area contributed by atoms with E-state index in [1.165, 1.54) is 29.4 Å². The summed E-state index contributed by atoms with van der Waals surface area (Å²) in [4.78, 5) is 24.1. The number of likely N-dealkylation sites (N-methyl/N-ethyl adjacent to an activating group) is 1. The van der Waals surface area contributed by atoms with Gasteiger partial charge in [0.1, 0.15) is 30.2 Å². The van der Waals surface area contributed by atoms with Crippen LogP contribution < -0.4 is 10.5 Å². The van der Waals surface area contributed by atoms with Crippen molar-refractivity contribution in [1.29, 1.82) is 0 Å². The zero-order chi connectivity index (χ0) is 26.0. The van der Waals surface area contributed by atoms with Crippen LogP contribution in [0.3, 0.4) is 0 Å². The van der Waals surface area contributed by atoms with E-state index in [0.717, 1.165) is 12.1 Å². The molecule has 0 bridgehead atoms. The molecule has 0 spiro atoms. The normalized spacial score (nSPS) is 22.4. The lowest BCUT2D eigenvalue weighted by Crippen LogP contribution is -2.42. The summed E-state index contributed by atoms with van der Waals surface area (Å²) >= 11 is 0. The van der Waals surface area contributed by atoms with E-state index in [4.69, 9.17) is 10.5 Å². The van der Waals surface area contributed by atoms with Crippen LogP contribution in [0.15, 0.2) is 41.8 Å². The summed E-state index contributed by atoms with van der Waals surface area (Å²) in [6.07, 6.45) is -1.53. The highest BCUT2D eigenvalue weighted by atomic mass is 32.2. The molecule has 5 N–H and O–H groups in total. The summed E-state index contributed by atoms with van der Waals surface area (Å²) in [5.41, 5.74) is 6.31. The molecule has 3 aromatic rings. The van der Waals surface area contributed by atoms with Gasteiger partial charge in [-0.3, -0.25) is 19.6 Å². The van der Waals surface area contributed by atoms with Gasteiger partial charge in [-0.15, -0.1) is 0 Å². The number of aliphatic hydroxyl groups is 2. The number of rotatable bonds is 10. The van der Waals surface area contributed by atoms with Gasteiger partial charge >= 0.3 is 0 Å². The fourth-order valence-corrected chi connectivity index (χ4v) is 4.99. The Morgan fingerprint density at radius 3 is 2.61 bits per heavy atom. The van der Waals surface area contributed by atoms with Crippen molar-refractivity contribution in [3.63, 3.8) is 0 Å². The number of anilines is 1. The third kappa shape index (κ3) is 5.13. The number of nitrogen functional groups attached to an aromatic ring is 1. The highest BCUT2D eigenvalue weighted by Crippen LogP contribution is 2.32. The second-order valence-electron chi connectivity index (χ2n) is 8.17. The van der Waals surface area contributed by atoms with Crippen molar-refractivity contribution in [1.82, 2.24) is 29.1 Å². The molecule has 3 heterocycles. The predicted octanol–water partition coefficient (Wildman–Crippen LogP) is -0.764. The number of aliphatic hydroxyl groups excluding tert-OH is 2. The molecule has 4 atom stereocenters. The lowest BCUT2D eigenvalue weighted by molar-refractivity contribution is -0.384. The van der Waals surface area contributed by atoms with Gasteiger partial charge in [0.05, 0.1) is 16.1 Å². The Morgan fingerprint density at radius 2 is 1.94 bits per heavy atom. The Bertz CT molecular complexity index is 1330. The molecule has 0 radical (unpaired) electrons. The van der Waals surface area contributed by atoms with E-state index in [1.54, 1.807) is 0 Å². The van der Waals surface area contributed by atoms with Gasteiger partial charge in [0.15, 0.2) is 17.7 Å². The van der Waals surface area contributed by atoms with Gasteiger partial charge < -0.3 is 20.7 Å². The van der Waals surface area contributed by atoms with Crippen molar-refractivity contribution >= 4 is 32.7 Å². The zero-order valence-electron chi connectivity index (χ0n) is 19.2. The minimum absolute atomic E-state index is 0.0459. The van der Waals surface area contributed by atoms with Gasteiger partial charge in [-0.2, -0.15) is 0 Å². The number of benzene rings is 1. The number of hydrogen-bond acceptors (Lipinski definition) is 12. The lowest BCUT2D eigenvalue weighted by Gasteiger charge is -2.25. The molecule has 1 fully saturated rings. The summed E-state index contributed by atoms with van der Waals surface area (Å²) in [6, 6.07) is 4.58. The van der Waals surface area contributed by atoms with Gasteiger partial charge in [-0.05, 0) is 18.7 Å². The summed E-state index contributed by atoms with van der Waals surface area (Å²) in [7, 11) is -3.87. The molecular formula is C20H26N8O7S. The van der Waals surface area contributed by atoms with Gasteiger partial charge in [0.25, 0.3) is 5.69 Å². The van der Waals surface area contributed by atoms with Crippen LogP contribution in [0.4, 0.5) is 11.5 Å². The van der Waals surface area contributed by atoms with Crippen molar-refractivity contribution in [3.05, 3.63) is 47.0 Å². The Balaban J connectivity index is 1.37. The monoisotopic (exact) mass is 522 g/mol. The SMILES string of the molecule is CCN(CCNS(=O)(=O)c1ccc([N+](=O)[O-])cc1)C[C@H]1O[C@@H](n2cnc3c(N)ncnc32)[C@H](O)[C@@H]1O. The fourth-order valence-electron chi connectivity index (χ4n) is 3.97. The molecule has 4 rings (SSSR count). The number of nitrogens with two attached hydrogens (primary N) is 1. The second kappa shape index (κ2) is 10.4. The molecule has 1 aliphatic heterocycles. The number of nitro benzene ring substituents is 1. The molecule has 16 heteroatoms. The smallest absolute Gasteiger partial charge is 0.269 e. The highest BCUT2D eigenvalue weighted by molar-refractivity contribution is 7.89. The number of imidazole rings is 1. The molecule has 15 nitrogen and oxygen atoms in total. The number of fused-ring (bicyclic) bond motifs is 1. The number of nitrogens with zero attached hydrogens (tertiary/aromatic N) is 6. The Kier molecular flexibility index (Phi) is 7.43. The van der Waals surface area contributed by atoms with Gasteiger partial charge in [-0.1, -0.05) is 6.92 Å². The van der Waals surface area contributed by atoms with Crippen LogP contribution in [0.2, 0.25) is 0 Å². The Hall–Kier alpha value is -3.28. The van der Waals surface area contributed by atoms with E-state index >= 15 is 0 Å². The molecule has 0 aliphatic carbocycles. The van der Waals surface area contributed by atoms with E-state index in [1.807, 2.05) is 11.8 Å². The molecule has 1 aromatic carbocycles. The highest BCUT2D eigenvalue weighted by Gasteiger charge is 2.44. The molecule has 1 aliphatic rings. The van der Waals surface area contributed by atoms with Crippen molar-refractivity contribution in [2.45, 2.75) is 36.4 Å². The van der Waals surface area contributed by atoms with Gasteiger partial charge in [0, 0.05) is 31.8 Å². The third-order valence-electron chi connectivity index (χ3n) is 5.96. The first-order valence-corrected chi connectivity index (χ1v) is 12.5. The van der Waals surface area contributed by atoms with Crippen LogP contribution in [0.25, 0.3) is 11.2 Å². The molecule has 1 saturated heterocycles. The summed E-state index contributed by atoms with van der Waals surface area (Å²) in [6.45, 7) is 2.93. The van der Waals surface area contributed by atoms with E-state index in [-0.39, 0.29) is 36.0 Å². The van der Waals surface area contributed by atoms with Crippen LogP contribution in [0, 0.1) is 10.1 Å². The van der Waals surface area contributed by atoms with Crippen LogP contribution in [0.1, 0.15) is 13.2 Å². The first-order valence-electron chi connectivity index (χ1n) is 11.0. The average Bonchev–Trinajstić information content (AvgIpc) is 3.40. The Morgan fingerprint density at radius 1 is 1.22 bits per heavy atom. The van der Waals surface area contributed by atoms with E-state index in [0.29, 0.717) is 17.7 Å². The van der Waals surface area contributed by atoms with E-state index in [9.17, 15) is 28.7 Å². The van der Waals surface area contributed by atoms with Crippen molar-refractivity contribution in [2.75, 3.05) is 31.9 Å². The predicted molar refractivity (Wildman–Crippen MR) is 126 cm³/mol. The second-order valence-corrected chi connectivity index (χ2v) is 9.94. The quantitative estimate of drug-likeness (QED) is 0.191. The maximum Gasteiger partial charge on any atom is 0.269 e. The zero-order valence-corrected chi connectivity index (χ0v) is 20.0. The van der Waals surface area contributed by atoms with Crippen LogP contribution in [-0.4, -0.2) is 92.5 Å². The fraction of sp³-hybridized carbons (Fsp3) is 0.450. The largest absolute Gasteiger partial charge is 0.387 e. The number of sulfonamides is 1. The van der Waals surface area contributed by atoms with E-state index < -0.39 is 39.5 Å². The molecule has 0 amide bonds. The van der Waals surface area contributed by atoms with Crippen LogP contribution in [0.5, 0.6) is 0 Å². The average molecular weight is 523 g/mol. The molecule has 0 unspecified atom stereocenters. The molecule has 2 aromatic heterocycles. The number of hydrogen-bond donors (Lipinski definition) is 4.